The van der Waals surface area contributed by atoms with Gasteiger partial charge in [-0.2, -0.15) is 0 Å². The molecule has 0 fully saturated rings. The molecule has 4 nitrogen and oxygen atoms in total. The maximum Gasteiger partial charge on any atom is 0.243 e. The highest BCUT2D eigenvalue weighted by atomic mass is 35.5. The van der Waals surface area contributed by atoms with Crippen molar-refractivity contribution in [2.45, 2.75) is 25.2 Å². The summed E-state index contributed by atoms with van der Waals surface area (Å²) in [6, 6.07) is 13.3. The normalized spacial score (nSPS) is 10.5. The third-order valence-corrected chi connectivity index (χ3v) is 5.61. The summed E-state index contributed by atoms with van der Waals surface area (Å²) in [5.74, 6) is 0.347. The summed E-state index contributed by atoms with van der Waals surface area (Å²) in [6.45, 7) is 3.99. The van der Waals surface area contributed by atoms with E-state index in [0.717, 1.165) is 21.7 Å². The fraction of sp³-hybridized carbons (Fsp3) is 0.300. The lowest BCUT2D eigenvalue weighted by Gasteiger charge is -2.17. The zero-order valence-corrected chi connectivity index (χ0v) is 16.8. The van der Waals surface area contributed by atoms with Gasteiger partial charge in [0.15, 0.2) is 0 Å². The van der Waals surface area contributed by atoms with Crippen LogP contribution in [0.2, 0.25) is 5.02 Å². The molecule has 0 aliphatic heterocycles. The molecular formula is C20H23ClN2O2S. The van der Waals surface area contributed by atoms with Crippen molar-refractivity contribution in [3.05, 3.63) is 58.6 Å². The molecule has 0 atom stereocenters. The van der Waals surface area contributed by atoms with E-state index in [9.17, 15) is 9.59 Å². The van der Waals surface area contributed by atoms with Crippen LogP contribution in [0.25, 0.3) is 0 Å². The average molecular weight is 391 g/mol. The Balaban J connectivity index is 1.80. The molecule has 0 aliphatic carbocycles. The number of nitrogens with zero attached hydrogens (tertiary/aromatic N) is 1. The van der Waals surface area contributed by atoms with Crippen LogP contribution in [-0.2, 0) is 9.59 Å². The smallest absolute Gasteiger partial charge is 0.243 e. The number of hydrogen-bond donors (Lipinski definition) is 1. The van der Waals surface area contributed by atoms with Crippen LogP contribution in [0.1, 0.15) is 17.5 Å². The summed E-state index contributed by atoms with van der Waals surface area (Å²) in [5.41, 5.74) is 2.93. The van der Waals surface area contributed by atoms with Gasteiger partial charge in [0.2, 0.25) is 11.8 Å². The largest absolute Gasteiger partial charge is 0.336 e. The molecule has 0 saturated heterocycles. The van der Waals surface area contributed by atoms with Crippen molar-refractivity contribution in [1.29, 1.82) is 0 Å². The summed E-state index contributed by atoms with van der Waals surface area (Å²) in [4.78, 5) is 26.8. The predicted molar refractivity (Wildman–Crippen MR) is 109 cm³/mol. The molecule has 0 saturated carbocycles. The van der Waals surface area contributed by atoms with Gasteiger partial charge in [-0.05, 0) is 43.2 Å². The van der Waals surface area contributed by atoms with Gasteiger partial charge in [0.05, 0.1) is 11.6 Å². The highest BCUT2D eigenvalue weighted by Gasteiger charge is 2.14. The molecular weight excluding hydrogens is 368 g/mol. The first-order valence-electron chi connectivity index (χ1n) is 8.36. The van der Waals surface area contributed by atoms with Gasteiger partial charge in [0, 0.05) is 29.8 Å². The van der Waals surface area contributed by atoms with Crippen molar-refractivity contribution in [1.82, 2.24) is 4.90 Å². The van der Waals surface area contributed by atoms with Gasteiger partial charge in [0.1, 0.15) is 0 Å². The first-order valence-corrected chi connectivity index (χ1v) is 9.72. The minimum absolute atomic E-state index is 0.0307. The number of carbonyl (C=O) groups excluding carboxylic acids is 2. The van der Waals surface area contributed by atoms with Gasteiger partial charge in [0.25, 0.3) is 0 Å². The van der Waals surface area contributed by atoms with E-state index in [4.69, 9.17) is 11.6 Å². The Morgan fingerprint density at radius 2 is 1.85 bits per heavy atom. The molecule has 0 bridgehead atoms. The van der Waals surface area contributed by atoms with E-state index in [1.165, 1.54) is 16.7 Å². The lowest BCUT2D eigenvalue weighted by Crippen LogP contribution is -2.35. The van der Waals surface area contributed by atoms with Crippen molar-refractivity contribution in [2.24, 2.45) is 0 Å². The van der Waals surface area contributed by atoms with Gasteiger partial charge in [-0.25, -0.2) is 0 Å². The number of thioether (sulfide) groups is 1. The average Bonchev–Trinajstić information content (AvgIpc) is 2.60. The molecule has 6 heteroatoms. The van der Waals surface area contributed by atoms with E-state index in [1.54, 1.807) is 7.05 Å². The number of halogens is 1. The van der Waals surface area contributed by atoms with E-state index < -0.39 is 0 Å². The van der Waals surface area contributed by atoms with Gasteiger partial charge in [-0.1, -0.05) is 35.9 Å². The maximum atomic E-state index is 12.2. The number of nitrogens with one attached hydrogen (secondary N) is 1. The number of anilines is 1. The second-order valence-corrected chi connectivity index (χ2v) is 7.62. The standard InChI is InChI=1S/C20H23ClN2O2S/c1-14-7-6-9-17(15(14)2)22-19(24)13-23(3)20(25)11-12-26-18-10-5-4-8-16(18)21/h4-10H,11-13H2,1-3H3,(H,22,24). The molecule has 0 heterocycles. The topological polar surface area (TPSA) is 49.4 Å². The van der Waals surface area contributed by atoms with E-state index >= 15 is 0 Å². The lowest BCUT2D eigenvalue weighted by atomic mass is 10.1. The Morgan fingerprint density at radius 1 is 1.12 bits per heavy atom. The summed E-state index contributed by atoms with van der Waals surface area (Å²) in [5, 5.41) is 3.56. The van der Waals surface area contributed by atoms with Crippen LogP contribution in [0.15, 0.2) is 47.4 Å². The minimum atomic E-state index is -0.201. The highest BCUT2D eigenvalue weighted by Crippen LogP contribution is 2.27. The zero-order chi connectivity index (χ0) is 19.1. The first kappa shape index (κ1) is 20.3. The van der Waals surface area contributed by atoms with Crippen LogP contribution in [0.5, 0.6) is 0 Å². The number of benzene rings is 2. The van der Waals surface area contributed by atoms with E-state index in [1.807, 2.05) is 56.3 Å². The van der Waals surface area contributed by atoms with Gasteiger partial charge >= 0.3 is 0 Å². The maximum absolute atomic E-state index is 12.2. The molecule has 0 spiro atoms. The number of amides is 2. The SMILES string of the molecule is Cc1cccc(NC(=O)CN(C)C(=O)CCSc2ccccc2Cl)c1C. The van der Waals surface area contributed by atoms with Crippen molar-refractivity contribution < 1.29 is 9.59 Å². The summed E-state index contributed by atoms with van der Waals surface area (Å²) < 4.78 is 0. The molecule has 1 N–H and O–H groups in total. The minimum Gasteiger partial charge on any atom is -0.336 e. The molecule has 2 rings (SSSR count). The van der Waals surface area contributed by atoms with Gasteiger partial charge in [-0.3, -0.25) is 9.59 Å². The lowest BCUT2D eigenvalue weighted by molar-refractivity contribution is -0.132. The molecule has 138 valence electrons. The van der Waals surface area contributed by atoms with Crippen LogP contribution in [-0.4, -0.2) is 36.1 Å². The molecule has 2 amide bonds. The van der Waals surface area contributed by atoms with Crippen LogP contribution < -0.4 is 5.32 Å². The van der Waals surface area contributed by atoms with Crippen LogP contribution in [0.4, 0.5) is 5.69 Å². The Morgan fingerprint density at radius 3 is 2.58 bits per heavy atom. The number of rotatable bonds is 7. The van der Waals surface area contributed by atoms with E-state index in [2.05, 4.69) is 5.32 Å². The monoisotopic (exact) mass is 390 g/mol. The first-order chi connectivity index (χ1) is 12.4. The number of likely N-dealkylation sites (N-methyl/N-ethyl adjacent to an activating group) is 1. The van der Waals surface area contributed by atoms with Crippen LogP contribution in [0, 0.1) is 13.8 Å². The van der Waals surface area contributed by atoms with Gasteiger partial charge < -0.3 is 10.2 Å². The molecule has 0 aliphatic rings. The van der Waals surface area contributed by atoms with Crippen LogP contribution in [0.3, 0.4) is 0 Å². The van der Waals surface area contributed by atoms with Crippen molar-refractivity contribution >= 4 is 40.9 Å². The Bertz CT molecular complexity index is 795. The molecule has 0 aromatic heterocycles. The second-order valence-electron chi connectivity index (χ2n) is 6.07. The van der Waals surface area contributed by atoms with Crippen LogP contribution >= 0.6 is 23.4 Å². The van der Waals surface area contributed by atoms with Gasteiger partial charge in [-0.15, -0.1) is 11.8 Å². The van der Waals surface area contributed by atoms with E-state index in [-0.39, 0.29) is 18.4 Å². The van der Waals surface area contributed by atoms with E-state index in [0.29, 0.717) is 17.2 Å². The second kappa shape index (κ2) is 9.64. The van der Waals surface area contributed by atoms with Crippen molar-refractivity contribution in [3.8, 4) is 0 Å². The Kier molecular flexibility index (Phi) is 7.54. The molecule has 0 unspecified atom stereocenters. The third-order valence-electron chi connectivity index (χ3n) is 4.10. The third kappa shape index (κ3) is 5.78. The highest BCUT2D eigenvalue weighted by molar-refractivity contribution is 7.99. The fourth-order valence-corrected chi connectivity index (χ4v) is 3.56. The molecule has 26 heavy (non-hydrogen) atoms. The Hall–Kier alpha value is -1.98. The Labute approximate surface area is 163 Å². The fourth-order valence-electron chi connectivity index (χ4n) is 2.38. The molecule has 2 aromatic carbocycles. The molecule has 2 aromatic rings. The van der Waals surface area contributed by atoms with Crippen molar-refractivity contribution in [2.75, 3.05) is 24.7 Å². The van der Waals surface area contributed by atoms with Crippen molar-refractivity contribution in [3.63, 3.8) is 0 Å². The summed E-state index contributed by atoms with van der Waals surface area (Å²) in [7, 11) is 1.64. The number of carbonyl (C=O) groups is 2. The number of aryl methyl sites for hydroxylation is 1. The number of hydrogen-bond acceptors (Lipinski definition) is 3. The predicted octanol–water partition coefficient (Wildman–Crippen LogP) is 4.54. The quantitative estimate of drug-likeness (QED) is 0.706. The molecule has 0 radical (unpaired) electrons. The zero-order valence-electron chi connectivity index (χ0n) is 15.2. The summed E-state index contributed by atoms with van der Waals surface area (Å²) >= 11 is 7.64. The summed E-state index contributed by atoms with van der Waals surface area (Å²) in [6.07, 6.45) is 0.350.